The summed E-state index contributed by atoms with van der Waals surface area (Å²) >= 11 is 1.20. The van der Waals surface area contributed by atoms with E-state index in [2.05, 4.69) is 4.40 Å². The summed E-state index contributed by atoms with van der Waals surface area (Å²) in [4.78, 5) is 12.3. The third-order valence-electron chi connectivity index (χ3n) is 4.01. The Morgan fingerprint density at radius 3 is 2.61 bits per heavy atom. The summed E-state index contributed by atoms with van der Waals surface area (Å²) in [5.41, 5.74) is 1.17. The van der Waals surface area contributed by atoms with E-state index >= 15 is 0 Å². The summed E-state index contributed by atoms with van der Waals surface area (Å²) < 4.78 is 42.2. The summed E-state index contributed by atoms with van der Waals surface area (Å²) in [5, 5.41) is 0. The Kier molecular flexibility index (Phi) is 6.28. The van der Waals surface area contributed by atoms with Crippen LogP contribution in [-0.2, 0) is 26.0 Å². The molecule has 28 heavy (non-hydrogen) atoms. The van der Waals surface area contributed by atoms with Crippen LogP contribution in [0.1, 0.15) is 17.3 Å². The first-order valence-electron chi connectivity index (χ1n) is 8.61. The molecule has 148 valence electrons. The molecule has 0 radical (unpaired) electrons. The van der Waals surface area contributed by atoms with Gasteiger partial charge in [0.25, 0.3) is 10.0 Å². The van der Waals surface area contributed by atoms with E-state index in [0.717, 1.165) is 10.2 Å². The maximum atomic E-state index is 12.7. The lowest BCUT2D eigenvalue weighted by Gasteiger charge is -2.06. The lowest BCUT2D eigenvalue weighted by molar-refractivity contribution is 0.0601. The summed E-state index contributed by atoms with van der Waals surface area (Å²) in [5.74, 6) is -0.452. The standard InChI is InChI=1S/C19H20N2O5S2/c1-3-26-12-11-21-16-10-9-14(18(22)25-2)13-17(16)27-19(21)20-28(23,24)15-7-5-4-6-8-15/h4-10,13H,3,11-12H2,1-2H3. The van der Waals surface area contributed by atoms with Crippen molar-refractivity contribution in [2.75, 3.05) is 20.3 Å². The van der Waals surface area contributed by atoms with Crippen LogP contribution in [0.15, 0.2) is 57.8 Å². The number of aromatic nitrogens is 1. The Morgan fingerprint density at radius 2 is 1.93 bits per heavy atom. The highest BCUT2D eigenvalue weighted by atomic mass is 32.2. The number of thiazole rings is 1. The van der Waals surface area contributed by atoms with Crippen molar-refractivity contribution in [3.63, 3.8) is 0 Å². The Balaban J connectivity index is 2.16. The molecule has 0 saturated heterocycles. The zero-order chi connectivity index (χ0) is 20.1. The van der Waals surface area contributed by atoms with Gasteiger partial charge in [0.2, 0.25) is 4.80 Å². The maximum absolute atomic E-state index is 12.7. The van der Waals surface area contributed by atoms with Gasteiger partial charge in [-0.05, 0) is 37.3 Å². The van der Waals surface area contributed by atoms with Crippen molar-refractivity contribution in [3.8, 4) is 0 Å². The van der Waals surface area contributed by atoms with Crippen LogP contribution in [-0.4, -0.2) is 39.3 Å². The number of methoxy groups -OCH3 is 1. The lowest BCUT2D eigenvalue weighted by atomic mass is 10.2. The minimum Gasteiger partial charge on any atom is -0.465 e. The molecule has 1 heterocycles. The number of nitrogens with zero attached hydrogens (tertiary/aromatic N) is 2. The van der Waals surface area contributed by atoms with Crippen LogP contribution in [0.3, 0.4) is 0 Å². The van der Waals surface area contributed by atoms with Crippen molar-refractivity contribution < 1.29 is 22.7 Å². The van der Waals surface area contributed by atoms with Gasteiger partial charge in [0.05, 0.1) is 34.4 Å². The number of hydrogen-bond acceptors (Lipinski definition) is 6. The van der Waals surface area contributed by atoms with Gasteiger partial charge in [-0.25, -0.2) is 4.79 Å². The monoisotopic (exact) mass is 420 g/mol. The average Bonchev–Trinajstić information content (AvgIpc) is 3.04. The summed E-state index contributed by atoms with van der Waals surface area (Å²) in [7, 11) is -2.55. The highest BCUT2D eigenvalue weighted by Gasteiger charge is 2.15. The van der Waals surface area contributed by atoms with E-state index in [1.54, 1.807) is 41.0 Å². The van der Waals surface area contributed by atoms with Gasteiger partial charge in [-0.15, -0.1) is 4.40 Å². The fraction of sp³-hybridized carbons (Fsp3) is 0.263. The number of benzene rings is 2. The summed E-state index contributed by atoms with van der Waals surface area (Å²) in [6, 6.07) is 13.1. The van der Waals surface area contributed by atoms with Gasteiger partial charge in [0.1, 0.15) is 0 Å². The Morgan fingerprint density at radius 1 is 1.18 bits per heavy atom. The smallest absolute Gasteiger partial charge is 0.337 e. The summed E-state index contributed by atoms with van der Waals surface area (Å²) in [6.45, 7) is 3.31. The number of fused-ring (bicyclic) bond motifs is 1. The molecule has 0 aliphatic carbocycles. The Hall–Kier alpha value is -2.49. The Bertz CT molecular complexity index is 1150. The second kappa shape index (κ2) is 8.68. The quantitative estimate of drug-likeness (QED) is 0.433. The predicted octanol–water partition coefficient (Wildman–Crippen LogP) is 2.82. The molecule has 3 rings (SSSR count). The van der Waals surface area contributed by atoms with Crippen molar-refractivity contribution in [2.24, 2.45) is 4.40 Å². The number of ether oxygens (including phenoxy) is 2. The molecule has 7 nitrogen and oxygen atoms in total. The van der Waals surface area contributed by atoms with Gasteiger partial charge >= 0.3 is 5.97 Å². The summed E-state index contributed by atoms with van der Waals surface area (Å²) in [6.07, 6.45) is 0. The van der Waals surface area contributed by atoms with Crippen LogP contribution >= 0.6 is 11.3 Å². The molecular formula is C19H20N2O5S2. The molecule has 0 spiro atoms. The van der Waals surface area contributed by atoms with E-state index in [1.165, 1.54) is 30.6 Å². The zero-order valence-electron chi connectivity index (χ0n) is 15.5. The molecule has 9 heteroatoms. The fourth-order valence-corrected chi connectivity index (χ4v) is 4.97. The van der Waals surface area contributed by atoms with E-state index in [4.69, 9.17) is 9.47 Å². The van der Waals surface area contributed by atoms with E-state index in [9.17, 15) is 13.2 Å². The van der Waals surface area contributed by atoms with Crippen LogP contribution in [0, 0.1) is 0 Å². The first-order valence-corrected chi connectivity index (χ1v) is 10.9. The Labute approximate surface area is 166 Å². The molecule has 0 fully saturated rings. The van der Waals surface area contributed by atoms with Crippen LogP contribution in [0.4, 0.5) is 0 Å². The number of esters is 1. The topological polar surface area (TPSA) is 87.0 Å². The molecule has 0 amide bonds. The number of carbonyl (C=O) groups is 1. The van der Waals surface area contributed by atoms with Crippen molar-refractivity contribution in [2.45, 2.75) is 18.4 Å². The zero-order valence-corrected chi connectivity index (χ0v) is 17.1. The van der Waals surface area contributed by atoms with E-state index in [1.807, 2.05) is 6.92 Å². The van der Waals surface area contributed by atoms with E-state index in [-0.39, 0.29) is 4.90 Å². The van der Waals surface area contributed by atoms with E-state index < -0.39 is 16.0 Å². The van der Waals surface area contributed by atoms with Gasteiger partial charge in [-0.2, -0.15) is 8.42 Å². The van der Waals surface area contributed by atoms with Gasteiger partial charge in [0, 0.05) is 13.2 Å². The van der Waals surface area contributed by atoms with Gasteiger partial charge < -0.3 is 14.0 Å². The third-order valence-corrected chi connectivity index (χ3v) is 6.44. The molecule has 1 aromatic heterocycles. The largest absolute Gasteiger partial charge is 0.465 e. The van der Waals surface area contributed by atoms with Crippen LogP contribution in [0.25, 0.3) is 10.2 Å². The highest BCUT2D eigenvalue weighted by Crippen LogP contribution is 2.21. The third kappa shape index (κ3) is 4.32. The van der Waals surface area contributed by atoms with Crippen LogP contribution < -0.4 is 4.80 Å². The highest BCUT2D eigenvalue weighted by molar-refractivity contribution is 7.90. The first-order chi connectivity index (χ1) is 13.5. The van der Waals surface area contributed by atoms with Gasteiger partial charge in [-0.1, -0.05) is 29.5 Å². The fourth-order valence-electron chi connectivity index (χ4n) is 2.65. The molecule has 0 aliphatic rings. The second-order valence-corrected chi connectivity index (χ2v) is 8.40. The van der Waals surface area contributed by atoms with E-state index in [0.29, 0.717) is 30.1 Å². The molecule has 0 atom stereocenters. The van der Waals surface area contributed by atoms with Crippen molar-refractivity contribution in [3.05, 3.63) is 58.9 Å². The van der Waals surface area contributed by atoms with Crippen molar-refractivity contribution >= 4 is 37.5 Å². The second-order valence-electron chi connectivity index (χ2n) is 5.79. The SMILES string of the molecule is CCOCCn1c(=NS(=O)(=O)c2ccccc2)sc2cc(C(=O)OC)ccc21. The van der Waals surface area contributed by atoms with Gasteiger partial charge in [-0.3, -0.25) is 0 Å². The van der Waals surface area contributed by atoms with Crippen LogP contribution in [0.5, 0.6) is 0 Å². The van der Waals surface area contributed by atoms with Crippen molar-refractivity contribution in [1.29, 1.82) is 0 Å². The molecule has 0 aliphatic heterocycles. The van der Waals surface area contributed by atoms with Gasteiger partial charge in [0.15, 0.2) is 0 Å². The molecule has 0 saturated carbocycles. The van der Waals surface area contributed by atoms with Crippen molar-refractivity contribution in [1.82, 2.24) is 4.57 Å². The number of carbonyl (C=O) groups excluding carboxylic acids is 1. The predicted molar refractivity (Wildman–Crippen MR) is 107 cm³/mol. The molecule has 2 aromatic carbocycles. The number of rotatable bonds is 7. The number of hydrogen-bond donors (Lipinski definition) is 0. The molecular weight excluding hydrogens is 400 g/mol. The minimum atomic E-state index is -3.86. The average molecular weight is 421 g/mol. The molecule has 3 aromatic rings. The van der Waals surface area contributed by atoms with Crippen LogP contribution in [0.2, 0.25) is 0 Å². The number of sulfonamides is 1. The lowest BCUT2D eigenvalue weighted by Crippen LogP contribution is -2.20. The minimum absolute atomic E-state index is 0.124. The molecule has 0 bridgehead atoms. The first kappa shape index (κ1) is 20.2. The molecule has 0 N–H and O–H groups in total. The molecule has 0 unspecified atom stereocenters. The maximum Gasteiger partial charge on any atom is 0.337 e. The normalized spacial score (nSPS) is 12.4.